The van der Waals surface area contributed by atoms with E-state index in [-0.39, 0.29) is 5.91 Å². The molecule has 0 atom stereocenters. The minimum Gasteiger partial charge on any atom is -0.272 e. The lowest BCUT2D eigenvalue weighted by Crippen LogP contribution is -2.19. The highest BCUT2D eigenvalue weighted by atomic mass is 32.2. The Morgan fingerprint density at radius 1 is 1.07 bits per heavy atom. The van der Waals surface area contributed by atoms with Crippen LogP contribution in [0.3, 0.4) is 0 Å². The van der Waals surface area contributed by atoms with Crippen molar-refractivity contribution in [2.75, 3.05) is 5.75 Å². The van der Waals surface area contributed by atoms with Crippen molar-refractivity contribution in [1.29, 1.82) is 0 Å². The quantitative estimate of drug-likeness (QED) is 0.505. The molecule has 3 aromatic carbocycles. The first-order chi connectivity index (χ1) is 13.2. The van der Waals surface area contributed by atoms with Gasteiger partial charge in [-0.3, -0.25) is 4.79 Å². The second-order valence-electron chi connectivity index (χ2n) is 6.87. The minimum atomic E-state index is -0.0734. The number of rotatable bonds is 6. The number of carbonyl (C=O) groups excluding carboxylic acids is 1. The van der Waals surface area contributed by atoms with Gasteiger partial charge in [-0.05, 0) is 52.8 Å². The Morgan fingerprint density at radius 2 is 1.89 bits per heavy atom. The van der Waals surface area contributed by atoms with E-state index in [1.807, 2.05) is 12.1 Å². The molecule has 4 rings (SSSR count). The number of nitrogens with zero attached hydrogens (tertiary/aromatic N) is 1. The summed E-state index contributed by atoms with van der Waals surface area (Å²) < 4.78 is 0. The Hall–Kier alpha value is -2.59. The lowest BCUT2D eigenvalue weighted by atomic mass is 10.0. The molecule has 0 unspecified atom stereocenters. The zero-order valence-electron chi connectivity index (χ0n) is 15.4. The summed E-state index contributed by atoms with van der Waals surface area (Å²) in [5.74, 6) is 1.16. The van der Waals surface area contributed by atoms with Gasteiger partial charge in [0.1, 0.15) is 0 Å². The van der Waals surface area contributed by atoms with E-state index in [1.165, 1.54) is 33.0 Å². The standard InChI is InChI=1S/C23H22N2OS/c1-16-5-2-3-6-20(16)14-27-15-22(26)25-24-13-19-12-11-18-10-9-17-7-4-8-21(19)23(17)18/h2-8,11-13H,9-10,14-15H2,1H3,(H,25,26)/b24-13-. The summed E-state index contributed by atoms with van der Waals surface area (Å²) in [6.45, 7) is 2.10. The number of benzene rings is 3. The van der Waals surface area contributed by atoms with Crippen LogP contribution >= 0.6 is 11.8 Å². The van der Waals surface area contributed by atoms with Gasteiger partial charge in [-0.1, -0.05) is 54.6 Å². The number of hydrogen-bond acceptors (Lipinski definition) is 3. The van der Waals surface area contributed by atoms with E-state index in [2.05, 4.69) is 59.9 Å². The van der Waals surface area contributed by atoms with Crippen LogP contribution in [0.2, 0.25) is 0 Å². The van der Waals surface area contributed by atoms with E-state index in [0.717, 1.165) is 24.2 Å². The first-order valence-electron chi connectivity index (χ1n) is 9.20. The van der Waals surface area contributed by atoms with Gasteiger partial charge >= 0.3 is 0 Å². The van der Waals surface area contributed by atoms with Gasteiger partial charge in [-0.15, -0.1) is 11.8 Å². The van der Waals surface area contributed by atoms with Gasteiger partial charge in [0.05, 0.1) is 12.0 Å². The molecule has 0 saturated carbocycles. The highest BCUT2D eigenvalue weighted by Gasteiger charge is 2.14. The molecule has 0 saturated heterocycles. The number of hydrogen-bond donors (Lipinski definition) is 1. The third kappa shape index (κ3) is 3.91. The van der Waals surface area contributed by atoms with Gasteiger partial charge in [0.2, 0.25) is 5.91 Å². The number of thioether (sulfide) groups is 1. The summed E-state index contributed by atoms with van der Waals surface area (Å²) in [5.41, 5.74) is 9.05. The molecule has 0 heterocycles. The molecule has 0 aliphatic heterocycles. The Morgan fingerprint density at radius 3 is 2.74 bits per heavy atom. The van der Waals surface area contributed by atoms with Crippen molar-refractivity contribution in [3.63, 3.8) is 0 Å². The fourth-order valence-electron chi connectivity index (χ4n) is 3.61. The summed E-state index contributed by atoms with van der Waals surface area (Å²) in [6.07, 6.45) is 3.98. The Bertz CT molecular complexity index is 1020. The van der Waals surface area contributed by atoms with Gasteiger partial charge in [0.25, 0.3) is 0 Å². The lowest BCUT2D eigenvalue weighted by molar-refractivity contribution is -0.118. The summed E-state index contributed by atoms with van der Waals surface area (Å²) in [4.78, 5) is 12.0. The molecule has 0 aromatic heterocycles. The molecular formula is C23H22N2OS. The van der Waals surface area contributed by atoms with Crippen molar-refractivity contribution in [3.05, 3.63) is 82.4 Å². The first-order valence-corrected chi connectivity index (χ1v) is 10.4. The summed E-state index contributed by atoms with van der Waals surface area (Å²) in [7, 11) is 0. The number of carbonyl (C=O) groups is 1. The van der Waals surface area contributed by atoms with E-state index >= 15 is 0 Å². The van der Waals surface area contributed by atoms with Gasteiger partial charge < -0.3 is 0 Å². The number of amides is 1. The molecule has 136 valence electrons. The van der Waals surface area contributed by atoms with Crippen molar-refractivity contribution in [2.24, 2.45) is 5.10 Å². The average molecular weight is 375 g/mol. The highest BCUT2D eigenvalue weighted by molar-refractivity contribution is 7.99. The van der Waals surface area contributed by atoms with E-state index in [4.69, 9.17) is 0 Å². The fraction of sp³-hybridized carbons (Fsp3) is 0.217. The van der Waals surface area contributed by atoms with Gasteiger partial charge in [0, 0.05) is 11.3 Å². The topological polar surface area (TPSA) is 41.5 Å². The van der Waals surface area contributed by atoms with Gasteiger partial charge in [-0.2, -0.15) is 5.10 Å². The smallest absolute Gasteiger partial charge is 0.250 e. The summed E-state index contributed by atoms with van der Waals surface area (Å²) in [6, 6.07) is 19.0. The third-order valence-corrected chi connectivity index (χ3v) is 6.04. The molecule has 1 N–H and O–H groups in total. The molecule has 1 amide bonds. The monoisotopic (exact) mass is 374 g/mol. The van der Waals surface area contributed by atoms with Crippen LogP contribution in [0.5, 0.6) is 0 Å². The molecule has 0 radical (unpaired) electrons. The summed E-state index contributed by atoms with van der Waals surface area (Å²) in [5, 5.41) is 6.76. The third-order valence-electron chi connectivity index (χ3n) is 5.06. The maximum atomic E-state index is 12.0. The average Bonchev–Trinajstić information content (AvgIpc) is 3.10. The Balaban J connectivity index is 1.35. The molecule has 0 fully saturated rings. The van der Waals surface area contributed by atoms with Crippen LogP contribution in [0.25, 0.3) is 10.8 Å². The predicted molar refractivity (Wildman–Crippen MR) is 114 cm³/mol. The van der Waals surface area contributed by atoms with Crippen LogP contribution in [-0.4, -0.2) is 17.9 Å². The van der Waals surface area contributed by atoms with Crippen molar-refractivity contribution >= 4 is 34.7 Å². The Kier molecular flexibility index (Phi) is 5.26. The fourth-order valence-corrected chi connectivity index (χ4v) is 4.51. The maximum Gasteiger partial charge on any atom is 0.250 e. The van der Waals surface area contributed by atoms with Gasteiger partial charge in [-0.25, -0.2) is 5.43 Å². The van der Waals surface area contributed by atoms with Crippen LogP contribution in [0.1, 0.15) is 27.8 Å². The molecular weight excluding hydrogens is 352 g/mol. The van der Waals surface area contributed by atoms with Crippen molar-refractivity contribution < 1.29 is 4.79 Å². The molecule has 27 heavy (non-hydrogen) atoms. The van der Waals surface area contributed by atoms with E-state index in [0.29, 0.717) is 5.75 Å². The van der Waals surface area contributed by atoms with Crippen LogP contribution in [0, 0.1) is 6.92 Å². The number of hydrazone groups is 1. The lowest BCUT2D eigenvalue weighted by Gasteiger charge is -2.06. The van der Waals surface area contributed by atoms with Crippen molar-refractivity contribution in [2.45, 2.75) is 25.5 Å². The molecule has 0 bridgehead atoms. The van der Waals surface area contributed by atoms with Gasteiger partial charge in [0.15, 0.2) is 0 Å². The van der Waals surface area contributed by atoms with E-state index < -0.39 is 0 Å². The SMILES string of the molecule is Cc1ccccc1CSCC(=O)N/N=C\c1ccc2c3c(cccc13)CC2. The molecule has 1 aliphatic rings. The minimum absolute atomic E-state index is 0.0734. The van der Waals surface area contributed by atoms with E-state index in [9.17, 15) is 4.79 Å². The predicted octanol–water partition coefficient (Wildman–Crippen LogP) is 4.63. The largest absolute Gasteiger partial charge is 0.272 e. The highest BCUT2D eigenvalue weighted by Crippen LogP contribution is 2.32. The molecule has 1 aliphatic carbocycles. The molecule has 3 aromatic rings. The zero-order chi connectivity index (χ0) is 18.6. The molecule has 3 nitrogen and oxygen atoms in total. The van der Waals surface area contributed by atoms with Crippen LogP contribution < -0.4 is 5.43 Å². The number of nitrogens with one attached hydrogen (secondary N) is 1. The van der Waals surface area contributed by atoms with Crippen molar-refractivity contribution in [3.8, 4) is 0 Å². The maximum absolute atomic E-state index is 12.0. The van der Waals surface area contributed by atoms with E-state index in [1.54, 1.807) is 18.0 Å². The van der Waals surface area contributed by atoms with Crippen LogP contribution in [0.4, 0.5) is 0 Å². The summed E-state index contributed by atoms with van der Waals surface area (Å²) >= 11 is 1.60. The molecule has 0 spiro atoms. The second-order valence-corrected chi connectivity index (χ2v) is 7.85. The Labute approximate surface area is 163 Å². The number of aryl methyl sites for hydroxylation is 3. The van der Waals surface area contributed by atoms with Crippen LogP contribution in [-0.2, 0) is 23.4 Å². The van der Waals surface area contributed by atoms with Crippen molar-refractivity contribution in [1.82, 2.24) is 5.43 Å². The second kappa shape index (κ2) is 7.97. The zero-order valence-corrected chi connectivity index (χ0v) is 16.2. The normalized spacial score (nSPS) is 12.8. The molecule has 4 heteroatoms. The van der Waals surface area contributed by atoms with Crippen LogP contribution in [0.15, 0.2) is 59.7 Å². The first kappa shape index (κ1) is 17.8.